The molecule has 0 atom stereocenters. The summed E-state index contributed by atoms with van der Waals surface area (Å²) in [6.45, 7) is -0.647. The fraction of sp³-hybridized carbons (Fsp3) is 0.444. The molecule has 1 aromatic heterocycles. The van der Waals surface area contributed by atoms with Gasteiger partial charge in [-0.3, -0.25) is 0 Å². The molecule has 0 radical (unpaired) electrons. The summed E-state index contributed by atoms with van der Waals surface area (Å²) in [6.07, 6.45) is -4.44. The number of pyridine rings is 1. The molecular formula is C9H10ClF3N2O2S. The van der Waals surface area contributed by atoms with Gasteiger partial charge < -0.3 is 0 Å². The second-order valence-corrected chi connectivity index (χ2v) is 5.94. The maximum Gasteiger partial charge on any atom is 0.390 e. The van der Waals surface area contributed by atoms with E-state index in [1.165, 1.54) is 12.3 Å². The number of aromatic nitrogens is 1. The second kappa shape index (κ2) is 5.41. The van der Waals surface area contributed by atoms with Gasteiger partial charge in [-0.15, -0.1) is 0 Å². The van der Waals surface area contributed by atoms with E-state index in [1.54, 1.807) is 0 Å². The fourth-order valence-corrected chi connectivity index (χ4v) is 2.55. The Hall–Kier alpha value is -0.860. The summed E-state index contributed by atoms with van der Waals surface area (Å²) in [5, 5.41) is -0.0414. The van der Waals surface area contributed by atoms with Crippen LogP contribution in [0.25, 0.3) is 0 Å². The Balaban J connectivity index is 2.87. The van der Waals surface area contributed by atoms with Crippen molar-refractivity contribution in [2.24, 2.45) is 0 Å². The minimum atomic E-state index is -4.40. The Kier molecular flexibility index (Phi) is 4.57. The van der Waals surface area contributed by atoms with Crippen LogP contribution in [0.15, 0.2) is 23.2 Å². The van der Waals surface area contributed by atoms with Crippen LogP contribution in [0.5, 0.6) is 0 Å². The molecule has 9 heteroatoms. The van der Waals surface area contributed by atoms with Gasteiger partial charge in [0.1, 0.15) is 5.15 Å². The van der Waals surface area contributed by atoms with Crippen molar-refractivity contribution in [1.82, 2.24) is 9.29 Å². The number of hydrogen-bond donors (Lipinski definition) is 0. The van der Waals surface area contributed by atoms with Gasteiger partial charge in [0.25, 0.3) is 0 Å². The molecule has 0 fully saturated rings. The third-order valence-corrected chi connectivity index (χ3v) is 4.18. The number of rotatable bonds is 4. The van der Waals surface area contributed by atoms with Gasteiger partial charge in [-0.1, -0.05) is 11.6 Å². The lowest BCUT2D eigenvalue weighted by atomic mass is 10.4. The van der Waals surface area contributed by atoms with E-state index in [4.69, 9.17) is 11.6 Å². The maximum atomic E-state index is 12.0. The molecule has 1 heterocycles. The van der Waals surface area contributed by atoms with Gasteiger partial charge in [-0.05, 0) is 12.1 Å². The molecule has 1 aromatic rings. The van der Waals surface area contributed by atoms with Crippen molar-refractivity contribution < 1.29 is 21.6 Å². The van der Waals surface area contributed by atoms with E-state index in [0.717, 1.165) is 13.1 Å². The number of halogens is 4. The van der Waals surface area contributed by atoms with Gasteiger partial charge >= 0.3 is 6.18 Å². The van der Waals surface area contributed by atoms with Crippen LogP contribution >= 0.6 is 11.6 Å². The Morgan fingerprint density at radius 1 is 1.44 bits per heavy atom. The quantitative estimate of drug-likeness (QED) is 0.802. The maximum absolute atomic E-state index is 12.0. The molecule has 1 rings (SSSR count). The van der Waals surface area contributed by atoms with Crippen molar-refractivity contribution in [1.29, 1.82) is 0 Å². The Morgan fingerprint density at radius 2 is 2.06 bits per heavy atom. The van der Waals surface area contributed by atoms with Crippen LogP contribution < -0.4 is 0 Å². The third-order valence-electron chi connectivity index (χ3n) is 2.12. The standard InChI is InChI=1S/C9H10ClF3N2O2S/c1-15(5-3-9(11,12)13)18(16,17)7-2-4-14-8(10)6-7/h2,4,6H,3,5H2,1H3. The first kappa shape index (κ1) is 15.2. The van der Waals surface area contributed by atoms with E-state index in [-0.39, 0.29) is 10.0 Å². The Bertz CT molecular complexity index is 519. The lowest BCUT2D eigenvalue weighted by molar-refractivity contribution is -0.135. The predicted molar refractivity (Wildman–Crippen MR) is 59.7 cm³/mol. The SMILES string of the molecule is CN(CCC(F)(F)F)S(=O)(=O)c1ccnc(Cl)c1. The summed E-state index contributed by atoms with van der Waals surface area (Å²) in [5.74, 6) is 0. The topological polar surface area (TPSA) is 50.3 Å². The summed E-state index contributed by atoms with van der Waals surface area (Å²) in [5.41, 5.74) is 0. The van der Waals surface area contributed by atoms with Crippen LogP contribution in [0, 0.1) is 0 Å². The first-order chi connectivity index (χ1) is 8.13. The van der Waals surface area contributed by atoms with Gasteiger partial charge in [-0.2, -0.15) is 13.2 Å². The van der Waals surface area contributed by atoms with Crippen molar-refractivity contribution in [2.45, 2.75) is 17.5 Å². The van der Waals surface area contributed by atoms with Crippen LogP contribution in [0.1, 0.15) is 6.42 Å². The number of sulfonamides is 1. The molecule has 4 nitrogen and oxygen atoms in total. The van der Waals surface area contributed by atoms with Crippen molar-refractivity contribution in [3.63, 3.8) is 0 Å². The lowest BCUT2D eigenvalue weighted by Crippen LogP contribution is -2.30. The van der Waals surface area contributed by atoms with E-state index >= 15 is 0 Å². The first-order valence-electron chi connectivity index (χ1n) is 4.77. The molecular weight excluding hydrogens is 293 g/mol. The fourth-order valence-electron chi connectivity index (χ4n) is 1.13. The monoisotopic (exact) mass is 302 g/mol. The van der Waals surface area contributed by atoms with Crippen molar-refractivity contribution in [2.75, 3.05) is 13.6 Å². The number of hydrogen-bond acceptors (Lipinski definition) is 3. The Morgan fingerprint density at radius 3 is 2.56 bits per heavy atom. The van der Waals surface area contributed by atoms with Crippen molar-refractivity contribution in [3.05, 3.63) is 23.5 Å². The molecule has 102 valence electrons. The molecule has 0 unspecified atom stereocenters. The van der Waals surface area contributed by atoms with E-state index in [0.29, 0.717) is 4.31 Å². The van der Waals surface area contributed by atoms with Gasteiger partial charge in [0.2, 0.25) is 10.0 Å². The highest BCUT2D eigenvalue weighted by molar-refractivity contribution is 7.89. The Labute approximate surface area is 107 Å². The first-order valence-corrected chi connectivity index (χ1v) is 6.59. The minimum absolute atomic E-state index is 0.0414. The molecule has 0 aliphatic rings. The van der Waals surface area contributed by atoms with Crippen LogP contribution in [0.3, 0.4) is 0 Å². The zero-order valence-corrected chi connectivity index (χ0v) is 10.8. The predicted octanol–water partition coefficient (Wildman–Crippen LogP) is 2.31. The molecule has 0 bridgehead atoms. The van der Waals surface area contributed by atoms with Crippen LogP contribution in [-0.4, -0.2) is 37.5 Å². The minimum Gasteiger partial charge on any atom is -0.244 e. The molecule has 0 saturated heterocycles. The largest absolute Gasteiger partial charge is 0.390 e. The summed E-state index contributed by atoms with van der Waals surface area (Å²) in [7, 11) is -2.90. The second-order valence-electron chi connectivity index (χ2n) is 3.51. The zero-order chi connectivity index (χ0) is 14.0. The number of nitrogens with zero attached hydrogens (tertiary/aromatic N) is 2. The van der Waals surface area contributed by atoms with Gasteiger partial charge in [0.15, 0.2) is 0 Å². The molecule has 0 saturated carbocycles. The highest BCUT2D eigenvalue weighted by Gasteiger charge is 2.30. The third kappa shape index (κ3) is 4.11. The van der Waals surface area contributed by atoms with Crippen molar-refractivity contribution in [3.8, 4) is 0 Å². The van der Waals surface area contributed by atoms with Crippen LogP contribution in [-0.2, 0) is 10.0 Å². The van der Waals surface area contributed by atoms with Crippen LogP contribution in [0.2, 0.25) is 5.15 Å². The average molecular weight is 303 g/mol. The molecule has 0 aliphatic carbocycles. The van der Waals surface area contributed by atoms with Gasteiger partial charge in [-0.25, -0.2) is 17.7 Å². The molecule has 18 heavy (non-hydrogen) atoms. The summed E-state index contributed by atoms with van der Waals surface area (Å²) in [6, 6.07) is 2.26. The smallest absolute Gasteiger partial charge is 0.244 e. The molecule has 0 aromatic carbocycles. The van der Waals surface area contributed by atoms with Gasteiger partial charge in [0, 0.05) is 19.8 Å². The molecule has 0 spiro atoms. The summed E-state index contributed by atoms with van der Waals surface area (Å²) in [4.78, 5) is 3.41. The van der Waals surface area contributed by atoms with Crippen LogP contribution in [0.4, 0.5) is 13.2 Å². The molecule has 0 aliphatic heterocycles. The van der Waals surface area contributed by atoms with E-state index in [9.17, 15) is 21.6 Å². The van der Waals surface area contributed by atoms with E-state index in [2.05, 4.69) is 4.98 Å². The molecule has 0 amide bonds. The van der Waals surface area contributed by atoms with Crippen molar-refractivity contribution >= 4 is 21.6 Å². The number of alkyl halides is 3. The van der Waals surface area contributed by atoms with E-state index in [1.807, 2.05) is 0 Å². The van der Waals surface area contributed by atoms with Gasteiger partial charge in [0.05, 0.1) is 11.3 Å². The normalized spacial score (nSPS) is 13.0. The highest BCUT2D eigenvalue weighted by atomic mass is 35.5. The molecule has 0 N–H and O–H groups in total. The lowest BCUT2D eigenvalue weighted by Gasteiger charge is -2.17. The highest BCUT2D eigenvalue weighted by Crippen LogP contribution is 2.22. The summed E-state index contributed by atoms with van der Waals surface area (Å²) < 4.78 is 60.4. The zero-order valence-electron chi connectivity index (χ0n) is 9.28. The van der Waals surface area contributed by atoms with E-state index < -0.39 is 29.2 Å². The average Bonchev–Trinajstić information content (AvgIpc) is 2.24. The summed E-state index contributed by atoms with van der Waals surface area (Å²) >= 11 is 5.53.